The van der Waals surface area contributed by atoms with E-state index in [0.717, 1.165) is 10.6 Å². The first kappa shape index (κ1) is 10.2. The highest BCUT2D eigenvalue weighted by Crippen LogP contribution is 2.31. The van der Waals surface area contributed by atoms with Crippen molar-refractivity contribution in [1.82, 2.24) is 4.90 Å². The molecule has 2 rings (SSSR count). The van der Waals surface area contributed by atoms with Crippen molar-refractivity contribution in [2.75, 3.05) is 12.8 Å². The van der Waals surface area contributed by atoms with Crippen molar-refractivity contribution in [2.24, 2.45) is 0 Å². The van der Waals surface area contributed by atoms with E-state index >= 15 is 0 Å². The lowest BCUT2D eigenvalue weighted by atomic mass is 10.1. The van der Waals surface area contributed by atoms with Gasteiger partial charge in [-0.25, -0.2) is 0 Å². The molecule has 0 fully saturated rings. The van der Waals surface area contributed by atoms with Crippen LogP contribution in [0.4, 0.5) is 0 Å². The molecule has 0 aromatic heterocycles. The predicted octanol–water partition coefficient (Wildman–Crippen LogP) is 2.02. The molecule has 0 atom stereocenters. The van der Waals surface area contributed by atoms with E-state index < -0.39 is 0 Å². The van der Waals surface area contributed by atoms with Crippen LogP contribution in [-0.4, -0.2) is 29.5 Å². The van der Waals surface area contributed by atoms with Gasteiger partial charge in [-0.15, -0.1) is 11.8 Å². The SMILES string of the molecule is CCSc1cccc2c1C(=O)N(C)C2=O. The summed E-state index contributed by atoms with van der Waals surface area (Å²) in [5, 5.41) is 0. The van der Waals surface area contributed by atoms with Gasteiger partial charge in [-0.3, -0.25) is 14.5 Å². The van der Waals surface area contributed by atoms with Crippen LogP contribution in [0.5, 0.6) is 0 Å². The summed E-state index contributed by atoms with van der Waals surface area (Å²) in [5.74, 6) is 0.502. The minimum atomic E-state index is -0.200. The number of hydrogen-bond donors (Lipinski definition) is 0. The zero-order chi connectivity index (χ0) is 11.0. The molecular weight excluding hydrogens is 210 g/mol. The molecule has 1 heterocycles. The van der Waals surface area contributed by atoms with Gasteiger partial charge in [-0.05, 0) is 17.9 Å². The Morgan fingerprint density at radius 1 is 1.27 bits per heavy atom. The van der Waals surface area contributed by atoms with E-state index in [1.54, 1.807) is 17.8 Å². The second kappa shape index (κ2) is 3.70. The fourth-order valence-corrected chi connectivity index (χ4v) is 2.47. The molecule has 2 amide bonds. The van der Waals surface area contributed by atoms with E-state index in [-0.39, 0.29) is 11.8 Å². The van der Waals surface area contributed by atoms with Crippen LogP contribution in [-0.2, 0) is 0 Å². The van der Waals surface area contributed by atoms with Gasteiger partial charge < -0.3 is 0 Å². The molecular formula is C11H11NO2S. The number of fused-ring (bicyclic) bond motifs is 1. The van der Waals surface area contributed by atoms with Gasteiger partial charge in [0.2, 0.25) is 0 Å². The van der Waals surface area contributed by atoms with Gasteiger partial charge in [0, 0.05) is 11.9 Å². The Balaban J connectivity index is 2.58. The molecule has 0 unspecified atom stereocenters. The Morgan fingerprint density at radius 2 is 2.00 bits per heavy atom. The van der Waals surface area contributed by atoms with Gasteiger partial charge in [0.25, 0.3) is 11.8 Å². The molecule has 1 aliphatic heterocycles. The molecule has 1 aliphatic rings. The largest absolute Gasteiger partial charge is 0.277 e. The Bertz CT molecular complexity index is 442. The maximum absolute atomic E-state index is 11.8. The second-order valence-corrected chi connectivity index (χ2v) is 4.59. The quantitative estimate of drug-likeness (QED) is 0.566. The van der Waals surface area contributed by atoms with Crippen molar-refractivity contribution in [3.8, 4) is 0 Å². The van der Waals surface area contributed by atoms with E-state index in [0.29, 0.717) is 11.1 Å². The number of carbonyl (C=O) groups is 2. The summed E-state index contributed by atoms with van der Waals surface area (Å²) in [6, 6.07) is 5.41. The molecule has 1 aromatic rings. The van der Waals surface area contributed by atoms with Crippen molar-refractivity contribution in [1.29, 1.82) is 0 Å². The molecule has 15 heavy (non-hydrogen) atoms. The van der Waals surface area contributed by atoms with Gasteiger partial charge in [0.15, 0.2) is 0 Å². The Labute approximate surface area is 92.5 Å². The van der Waals surface area contributed by atoms with E-state index in [1.807, 2.05) is 19.1 Å². The summed E-state index contributed by atoms with van der Waals surface area (Å²) in [7, 11) is 1.52. The topological polar surface area (TPSA) is 37.4 Å². The summed E-state index contributed by atoms with van der Waals surface area (Å²) in [6.07, 6.45) is 0. The summed E-state index contributed by atoms with van der Waals surface area (Å²) in [4.78, 5) is 25.5. The standard InChI is InChI=1S/C11H11NO2S/c1-3-15-8-6-4-5-7-9(8)11(14)12(2)10(7)13/h4-6H,3H2,1-2H3. The lowest BCUT2D eigenvalue weighted by molar-refractivity contribution is 0.0692. The lowest BCUT2D eigenvalue weighted by Crippen LogP contribution is -2.24. The number of imide groups is 1. The smallest absolute Gasteiger partial charge is 0.262 e. The number of hydrogen-bond acceptors (Lipinski definition) is 3. The van der Waals surface area contributed by atoms with Crippen molar-refractivity contribution < 1.29 is 9.59 Å². The first-order valence-corrected chi connectivity index (χ1v) is 5.73. The van der Waals surface area contributed by atoms with Gasteiger partial charge in [-0.1, -0.05) is 13.0 Å². The molecule has 4 heteroatoms. The lowest BCUT2D eigenvalue weighted by Gasteiger charge is -2.04. The van der Waals surface area contributed by atoms with Gasteiger partial charge >= 0.3 is 0 Å². The predicted molar refractivity (Wildman–Crippen MR) is 59.3 cm³/mol. The molecule has 0 saturated heterocycles. The highest BCUT2D eigenvalue weighted by Gasteiger charge is 2.34. The van der Waals surface area contributed by atoms with Gasteiger partial charge in [0.05, 0.1) is 11.1 Å². The van der Waals surface area contributed by atoms with Crippen LogP contribution in [0.25, 0.3) is 0 Å². The molecule has 78 valence electrons. The van der Waals surface area contributed by atoms with Crippen molar-refractivity contribution in [3.05, 3.63) is 29.3 Å². The van der Waals surface area contributed by atoms with Crippen LogP contribution in [0.3, 0.4) is 0 Å². The van der Waals surface area contributed by atoms with E-state index in [9.17, 15) is 9.59 Å². The zero-order valence-electron chi connectivity index (χ0n) is 8.61. The summed E-state index contributed by atoms with van der Waals surface area (Å²) >= 11 is 1.59. The third-order valence-corrected chi connectivity index (χ3v) is 3.32. The molecule has 3 nitrogen and oxygen atoms in total. The zero-order valence-corrected chi connectivity index (χ0v) is 9.43. The van der Waals surface area contributed by atoms with Crippen LogP contribution in [0.15, 0.2) is 23.1 Å². The summed E-state index contributed by atoms with van der Waals surface area (Å²) < 4.78 is 0. The maximum atomic E-state index is 11.8. The fourth-order valence-electron chi connectivity index (χ4n) is 1.65. The number of amides is 2. The number of carbonyl (C=O) groups excluding carboxylic acids is 2. The van der Waals surface area contributed by atoms with Gasteiger partial charge in [0.1, 0.15) is 0 Å². The molecule has 1 aromatic carbocycles. The van der Waals surface area contributed by atoms with Crippen molar-refractivity contribution in [3.63, 3.8) is 0 Å². The number of nitrogens with zero attached hydrogens (tertiary/aromatic N) is 1. The summed E-state index contributed by atoms with van der Waals surface area (Å²) in [5.41, 5.74) is 1.10. The second-order valence-electron chi connectivity index (χ2n) is 3.28. The van der Waals surface area contributed by atoms with E-state index in [1.165, 1.54) is 11.9 Å². The van der Waals surface area contributed by atoms with Gasteiger partial charge in [-0.2, -0.15) is 0 Å². The molecule has 0 radical (unpaired) electrons. The first-order valence-electron chi connectivity index (χ1n) is 4.75. The van der Waals surface area contributed by atoms with E-state index in [4.69, 9.17) is 0 Å². The molecule has 0 spiro atoms. The Hall–Kier alpha value is -1.29. The highest BCUT2D eigenvalue weighted by molar-refractivity contribution is 7.99. The average Bonchev–Trinajstić information content (AvgIpc) is 2.46. The highest BCUT2D eigenvalue weighted by atomic mass is 32.2. The van der Waals surface area contributed by atoms with Crippen LogP contribution in [0.2, 0.25) is 0 Å². The molecule has 0 bridgehead atoms. The Morgan fingerprint density at radius 3 is 2.67 bits per heavy atom. The number of benzene rings is 1. The normalized spacial score (nSPS) is 14.7. The molecule has 0 aliphatic carbocycles. The minimum absolute atomic E-state index is 0.188. The summed E-state index contributed by atoms with van der Waals surface area (Å²) in [6.45, 7) is 2.02. The van der Waals surface area contributed by atoms with Crippen LogP contribution in [0.1, 0.15) is 27.6 Å². The number of rotatable bonds is 2. The van der Waals surface area contributed by atoms with Crippen molar-refractivity contribution in [2.45, 2.75) is 11.8 Å². The Kier molecular flexibility index (Phi) is 2.52. The maximum Gasteiger partial charge on any atom is 0.262 e. The third-order valence-electron chi connectivity index (χ3n) is 2.38. The number of thioether (sulfide) groups is 1. The molecule has 0 N–H and O–H groups in total. The van der Waals surface area contributed by atoms with Crippen LogP contribution >= 0.6 is 11.8 Å². The average molecular weight is 221 g/mol. The fraction of sp³-hybridized carbons (Fsp3) is 0.273. The monoisotopic (exact) mass is 221 g/mol. The first-order chi connectivity index (χ1) is 7.16. The third kappa shape index (κ3) is 1.45. The van der Waals surface area contributed by atoms with Crippen molar-refractivity contribution >= 4 is 23.6 Å². The van der Waals surface area contributed by atoms with E-state index in [2.05, 4.69) is 0 Å². The van der Waals surface area contributed by atoms with Crippen LogP contribution < -0.4 is 0 Å². The molecule has 0 saturated carbocycles. The minimum Gasteiger partial charge on any atom is -0.277 e. The van der Waals surface area contributed by atoms with Crippen LogP contribution in [0, 0.1) is 0 Å².